The Labute approximate surface area is 155 Å². The minimum atomic E-state index is -0.810. The van der Waals surface area contributed by atoms with Crippen molar-refractivity contribution in [1.29, 1.82) is 0 Å². The summed E-state index contributed by atoms with van der Waals surface area (Å²) in [6, 6.07) is 0. The molecule has 2 atom stereocenters. The van der Waals surface area contributed by atoms with Gasteiger partial charge in [-0.15, -0.1) is 5.10 Å². The molecule has 1 aromatic heterocycles. The predicted octanol–water partition coefficient (Wildman–Crippen LogP) is 0.208. The van der Waals surface area contributed by atoms with Crippen LogP contribution in [0.2, 0.25) is 0 Å². The van der Waals surface area contributed by atoms with Crippen LogP contribution in [0.15, 0.2) is 6.20 Å². The molecule has 2 rings (SSSR count). The molecule has 1 aliphatic heterocycles. The van der Waals surface area contributed by atoms with Crippen LogP contribution in [0.1, 0.15) is 51.6 Å². The Hall–Kier alpha value is -1.64. The fourth-order valence-electron chi connectivity index (χ4n) is 3.36. The lowest BCUT2D eigenvalue weighted by Gasteiger charge is -2.32. The number of rotatable bonds is 3. The average molecular weight is 364 g/mol. The highest BCUT2D eigenvalue weighted by Crippen LogP contribution is 2.19. The first-order chi connectivity index (χ1) is 12.3. The third kappa shape index (κ3) is 4.96. The number of aromatic nitrogens is 3. The largest absolute Gasteiger partial charge is 0.324 e. The van der Waals surface area contributed by atoms with Crippen LogP contribution in [0.25, 0.3) is 0 Å². The number of nitrogens with one attached hydrogen (secondary N) is 2. The molecule has 0 radical (unpaired) electrons. The second-order valence-corrected chi connectivity index (χ2v) is 7.60. The lowest BCUT2D eigenvalue weighted by atomic mass is 9.87. The molecular weight excluding hydrogens is 332 g/mol. The van der Waals surface area contributed by atoms with E-state index in [9.17, 15) is 9.59 Å². The number of nitrogens with two attached hydrogens (primary N) is 1. The van der Waals surface area contributed by atoms with Crippen LogP contribution in [0.3, 0.4) is 0 Å². The van der Waals surface area contributed by atoms with Gasteiger partial charge >= 0.3 is 0 Å². The number of hydrogen-bond acceptors (Lipinski definition) is 7. The zero-order valence-corrected chi connectivity index (χ0v) is 16.2. The Morgan fingerprint density at radius 3 is 2.81 bits per heavy atom. The van der Waals surface area contributed by atoms with E-state index < -0.39 is 11.1 Å². The molecule has 26 heavy (non-hydrogen) atoms. The Morgan fingerprint density at radius 1 is 1.35 bits per heavy atom. The molecule has 2 heterocycles. The van der Waals surface area contributed by atoms with Crippen molar-refractivity contribution in [3.8, 4) is 0 Å². The summed E-state index contributed by atoms with van der Waals surface area (Å²) >= 11 is 0. The summed E-state index contributed by atoms with van der Waals surface area (Å²) in [5, 5.41) is 14.7. The lowest BCUT2D eigenvalue weighted by Crippen LogP contribution is -2.57. The summed E-state index contributed by atoms with van der Waals surface area (Å²) in [5.74, 6) is -0.0159. The van der Waals surface area contributed by atoms with Crippen molar-refractivity contribution in [2.24, 2.45) is 5.73 Å². The maximum absolute atomic E-state index is 12.8. The number of carbonyl (C=O) groups excluding carboxylic acids is 2. The van der Waals surface area contributed by atoms with E-state index in [4.69, 9.17) is 5.73 Å². The Kier molecular flexibility index (Phi) is 7.02. The smallest absolute Gasteiger partial charge is 0.166 e. The summed E-state index contributed by atoms with van der Waals surface area (Å²) in [4.78, 5) is 25.2. The maximum atomic E-state index is 12.8. The third-order valence-corrected chi connectivity index (χ3v) is 5.62. The van der Waals surface area contributed by atoms with E-state index >= 15 is 0 Å². The molecule has 8 heteroatoms. The molecule has 2 bridgehead atoms. The number of ketones is 2. The van der Waals surface area contributed by atoms with E-state index in [0.717, 1.165) is 44.3 Å². The lowest BCUT2D eigenvalue weighted by molar-refractivity contribution is -0.126. The van der Waals surface area contributed by atoms with Gasteiger partial charge in [-0.1, -0.05) is 5.21 Å². The molecule has 0 saturated heterocycles. The van der Waals surface area contributed by atoms with Crippen molar-refractivity contribution in [3.05, 3.63) is 11.9 Å². The van der Waals surface area contributed by atoms with Gasteiger partial charge in [-0.3, -0.25) is 19.6 Å². The van der Waals surface area contributed by atoms with E-state index in [1.165, 1.54) is 0 Å². The molecule has 0 saturated carbocycles. The number of aryl methyl sites for hydroxylation is 2. The minimum absolute atomic E-state index is 0.0445. The highest BCUT2D eigenvalue weighted by molar-refractivity contribution is 5.92. The topological polar surface area (TPSA) is 115 Å². The standard InChI is InChI=1S/C18H32N6O2/c1-17(20-3)8-4-5-10-24-13-14(22-23-24)7-6-9-18(2,15(25)11-19)21-12-16(17)26/h13,20-21H,4-12,19H2,1-3H3/t17-,18-/m0/s1. The maximum Gasteiger partial charge on any atom is 0.166 e. The number of Topliss-reactive ketones (excluding diaryl/α,β-unsaturated/α-hetero) is 2. The second kappa shape index (κ2) is 8.83. The predicted molar refractivity (Wildman–Crippen MR) is 99.8 cm³/mol. The van der Waals surface area contributed by atoms with Crippen molar-refractivity contribution >= 4 is 11.6 Å². The highest BCUT2D eigenvalue weighted by atomic mass is 16.1. The zero-order chi connectivity index (χ0) is 19.2. The van der Waals surface area contributed by atoms with Crippen molar-refractivity contribution < 1.29 is 9.59 Å². The molecule has 146 valence electrons. The molecular formula is C18H32N6O2. The minimum Gasteiger partial charge on any atom is -0.324 e. The molecule has 0 spiro atoms. The number of fused-ring (bicyclic) bond motifs is 2. The molecule has 1 aliphatic rings. The molecule has 0 fully saturated rings. The van der Waals surface area contributed by atoms with Gasteiger partial charge in [0.25, 0.3) is 0 Å². The number of carbonyl (C=O) groups is 2. The summed E-state index contributed by atoms with van der Waals surface area (Å²) in [6.45, 7) is 4.65. The Bertz CT molecular complexity index is 631. The van der Waals surface area contributed by atoms with Crippen LogP contribution in [-0.4, -0.2) is 57.8 Å². The first-order valence-electron chi connectivity index (χ1n) is 9.42. The summed E-state index contributed by atoms with van der Waals surface area (Å²) in [7, 11) is 1.81. The van der Waals surface area contributed by atoms with Gasteiger partial charge in [0.15, 0.2) is 11.6 Å². The Balaban J connectivity index is 2.20. The van der Waals surface area contributed by atoms with Crippen molar-refractivity contribution in [2.45, 2.75) is 70.0 Å². The molecule has 0 aromatic carbocycles. The van der Waals surface area contributed by atoms with Gasteiger partial charge in [0.2, 0.25) is 0 Å². The quantitative estimate of drug-likeness (QED) is 0.702. The summed E-state index contributed by atoms with van der Waals surface area (Å²) in [6.07, 6.45) is 6.65. The van der Waals surface area contributed by atoms with Gasteiger partial charge in [-0.25, -0.2) is 0 Å². The van der Waals surface area contributed by atoms with Crippen molar-refractivity contribution in [2.75, 3.05) is 20.1 Å². The molecule has 1 aromatic rings. The monoisotopic (exact) mass is 364 g/mol. The average Bonchev–Trinajstić information content (AvgIpc) is 3.09. The zero-order valence-electron chi connectivity index (χ0n) is 16.2. The second-order valence-electron chi connectivity index (χ2n) is 7.60. The van der Waals surface area contributed by atoms with Crippen molar-refractivity contribution in [3.63, 3.8) is 0 Å². The third-order valence-electron chi connectivity index (χ3n) is 5.62. The Morgan fingerprint density at radius 2 is 2.12 bits per heavy atom. The van der Waals surface area contributed by atoms with E-state index in [0.29, 0.717) is 6.42 Å². The van der Waals surface area contributed by atoms with E-state index in [1.54, 1.807) is 7.05 Å². The van der Waals surface area contributed by atoms with E-state index in [1.807, 2.05) is 24.7 Å². The van der Waals surface area contributed by atoms with Gasteiger partial charge in [0, 0.05) is 12.7 Å². The molecule has 8 nitrogen and oxygen atoms in total. The van der Waals surface area contributed by atoms with Crippen LogP contribution >= 0.6 is 0 Å². The fraction of sp³-hybridized carbons (Fsp3) is 0.778. The van der Waals surface area contributed by atoms with Gasteiger partial charge in [0.1, 0.15) is 0 Å². The molecule has 0 aliphatic carbocycles. The van der Waals surface area contributed by atoms with Gasteiger partial charge in [-0.2, -0.15) is 0 Å². The van der Waals surface area contributed by atoms with Gasteiger partial charge in [-0.05, 0) is 59.4 Å². The fourth-order valence-corrected chi connectivity index (χ4v) is 3.36. The van der Waals surface area contributed by atoms with Crippen molar-refractivity contribution in [1.82, 2.24) is 25.6 Å². The normalized spacial score (nSPS) is 29.0. The SMILES string of the molecule is CN[C@@]1(C)CCCCn2cc(nn2)CCC[C@@](C)(C(=O)CN)NCC1=O. The summed E-state index contributed by atoms with van der Waals surface area (Å²) < 4.78 is 1.86. The van der Waals surface area contributed by atoms with E-state index in [2.05, 4.69) is 20.9 Å². The van der Waals surface area contributed by atoms with Gasteiger partial charge in [0.05, 0.1) is 29.9 Å². The molecule has 0 amide bonds. The molecule has 4 N–H and O–H groups in total. The van der Waals surface area contributed by atoms with Gasteiger partial charge < -0.3 is 11.1 Å². The molecule has 0 unspecified atom stereocenters. The van der Waals surface area contributed by atoms with E-state index in [-0.39, 0.29) is 24.7 Å². The highest BCUT2D eigenvalue weighted by Gasteiger charge is 2.35. The number of nitrogens with zero attached hydrogens (tertiary/aromatic N) is 3. The van der Waals surface area contributed by atoms with Crippen LogP contribution in [0.5, 0.6) is 0 Å². The first kappa shape index (κ1) is 20.7. The number of likely N-dealkylation sites (N-methyl/N-ethyl adjacent to an activating group) is 1. The van der Waals surface area contributed by atoms with Crippen LogP contribution in [0, 0.1) is 0 Å². The number of hydrogen-bond donors (Lipinski definition) is 3. The van der Waals surface area contributed by atoms with Crippen LogP contribution < -0.4 is 16.4 Å². The van der Waals surface area contributed by atoms with Crippen LogP contribution in [-0.2, 0) is 22.6 Å². The summed E-state index contributed by atoms with van der Waals surface area (Å²) in [5.41, 5.74) is 5.11. The first-order valence-corrected chi connectivity index (χ1v) is 9.42. The van der Waals surface area contributed by atoms with Crippen LogP contribution in [0.4, 0.5) is 0 Å².